The lowest BCUT2D eigenvalue weighted by Gasteiger charge is -2.31. The molecule has 158 valence electrons. The summed E-state index contributed by atoms with van der Waals surface area (Å²) in [6.45, 7) is 6.80. The van der Waals surface area contributed by atoms with E-state index >= 15 is 0 Å². The van der Waals surface area contributed by atoms with Crippen LogP contribution in [0.2, 0.25) is 0 Å². The molecule has 2 aliphatic heterocycles. The lowest BCUT2D eigenvalue weighted by atomic mass is 9.86. The van der Waals surface area contributed by atoms with Crippen LogP contribution in [0.4, 0.5) is 0 Å². The highest BCUT2D eigenvalue weighted by atomic mass is 16.5. The first-order chi connectivity index (χ1) is 15.1. The molecular formula is C27H28N2O2. The molecule has 1 spiro atoms. The number of allylic oxidation sites excluding steroid dienone is 3. The van der Waals surface area contributed by atoms with Crippen LogP contribution >= 0.6 is 0 Å². The molecule has 1 saturated carbocycles. The van der Waals surface area contributed by atoms with Crippen molar-refractivity contribution >= 4 is 16.7 Å². The van der Waals surface area contributed by atoms with Crippen molar-refractivity contribution in [1.82, 2.24) is 9.80 Å². The quantitative estimate of drug-likeness (QED) is 0.710. The first-order valence-corrected chi connectivity index (χ1v) is 11.3. The number of benzene rings is 2. The molecule has 4 heteroatoms. The number of fused-ring (bicyclic) bond motifs is 1. The van der Waals surface area contributed by atoms with E-state index in [4.69, 9.17) is 4.74 Å². The Kier molecular flexibility index (Phi) is 3.92. The molecule has 2 atom stereocenters. The average molecular weight is 413 g/mol. The largest absolute Gasteiger partial charge is 0.497 e. The van der Waals surface area contributed by atoms with Crippen LogP contribution in [0.5, 0.6) is 0 Å². The molecule has 31 heavy (non-hydrogen) atoms. The number of hydrogen-bond donors (Lipinski definition) is 0. The molecule has 1 amide bonds. The lowest BCUT2D eigenvalue weighted by Crippen LogP contribution is -2.38. The zero-order chi connectivity index (χ0) is 21.3. The third kappa shape index (κ3) is 2.45. The molecule has 0 aromatic heterocycles. The summed E-state index contributed by atoms with van der Waals surface area (Å²) in [6.07, 6.45) is 6.57. The molecule has 0 N–H and O–H groups in total. The molecule has 2 heterocycles. The summed E-state index contributed by atoms with van der Waals surface area (Å²) in [7, 11) is 1.75. The van der Waals surface area contributed by atoms with Gasteiger partial charge in [-0.25, -0.2) is 0 Å². The van der Waals surface area contributed by atoms with Gasteiger partial charge in [0, 0.05) is 54.5 Å². The molecule has 0 bridgehead atoms. The van der Waals surface area contributed by atoms with Crippen LogP contribution in [0.1, 0.15) is 35.7 Å². The van der Waals surface area contributed by atoms with Gasteiger partial charge in [0.25, 0.3) is 5.91 Å². The fourth-order valence-electron chi connectivity index (χ4n) is 6.18. The number of amides is 1. The van der Waals surface area contributed by atoms with Gasteiger partial charge in [-0.2, -0.15) is 0 Å². The molecule has 2 aliphatic carbocycles. The Bertz CT molecular complexity index is 1220. The topological polar surface area (TPSA) is 32.8 Å². The molecule has 2 aromatic rings. The third-order valence-corrected chi connectivity index (χ3v) is 7.80. The summed E-state index contributed by atoms with van der Waals surface area (Å²) in [5.74, 6) is 1.63. The summed E-state index contributed by atoms with van der Waals surface area (Å²) in [5, 5.41) is 2.22. The van der Waals surface area contributed by atoms with Gasteiger partial charge >= 0.3 is 0 Å². The van der Waals surface area contributed by atoms with Crippen molar-refractivity contribution in [2.24, 2.45) is 11.3 Å². The molecule has 2 aromatic carbocycles. The summed E-state index contributed by atoms with van der Waals surface area (Å²) >= 11 is 0. The fourth-order valence-corrected chi connectivity index (χ4v) is 6.18. The maximum Gasteiger partial charge on any atom is 0.254 e. The lowest BCUT2D eigenvalue weighted by molar-refractivity contribution is 0.0760. The minimum atomic E-state index is 0.0989. The van der Waals surface area contributed by atoms with Crippen LogP contribution < -0.4 is 0 Å². The van der Waals surface area contributed by atoms with Crippen LogP contribution in [0.3, 0.4) is 0 Å². The molecule has 6 rings (SSSR count). The van der Waals surface area contributed by atoms with Gasteiger partial charge in [0.1, 0.15) is 5.76 Å². The number of aryl methyl sites for hydroxylation is 1. The van der Waals surface area contributed by atoms with E-state index in [0.717, 1.165) is 49.2 Å². The second-order valence-electron chi connectivity index (χ2n) is 9.21. The smallest absolute Gasteiger partial charge is 0.254 e. The van der Waals surface area contributed by atoms with Crippen LogP contribution in [-0.4, -0.2) is 42.5 Å². The Morgan fingerprint density at radius 2 is 2.00 bits per heavy atom. The first-order valence-electron chi connectivity index (χ1n) is 11.3. The highest BCUT2D eigenvalue weighted by molar-refractivity contribution is 6.08. The Morgan fingerprint density at radius 1 is 1.19 bits per heavy atom. The van der Waals surface area contributed by atoms with Crippen molar-refractivity contribution in [3.05, 3.63) is 82.4 Å². The second-order valence-corrected chi connectivity index (χ2v) is 9.21. The predicted molar refractivity (Wildman–Crippen MR) is 122 cm³/mol. The van der Waals surface area contributed by atoms with Gasteiger partial charge in [-0.15, -0.1) is 0 Å². The molecular weight excluding hydrogens is 384 g/mol. The first kappa shape index (κ1) is 18.7. The molecule has 4 aliphatic rings. The van der Waals surface area contributed by atoms with Crippen molar-refractivity contribution in [2.45, 2.75) is 26.7 Å². The van der Waals surface area contributed by atoms with Crippen LogP contribution in [0, 0.1) is 18.3 Å². The Morgan fingerprint density at radius 3 is 2.77 bits per heavy atom. The summed E-state index contributed by atoms with van der Waals surface area (Å²) < 4.78 is 5.58. The molecule has 0 saturated heterocycles. The van der Waals surface area contributed by atoms with E-state index < -0.39 is 0 Å². The van der Waals surface area contributed by atoms with Crippen LogP contribution in [0.15, 0.2) is 71.3 Å². The normalized spacial score (nSPS) is 26.2. The monoisotopic (exact) mass is 412 g/mol. The number of nitrogens with zero attached hydrogens (tertiary/aromatic N) is 2. The minimum absolute atomic E-state index is 0.0989. The number of rotatable bonds is 3. The van der Waals surface area contributed by atoms with E-state index in [-0.39, 0.29) is 11.3 Å². The van der Waals surface area contributed by atoms with E-state index in [2.05, 4.69) is 54.0 Å². The van der Waals surface area contributed by atoms with Gasteiger partial charge in [-0.1, -0.05) is 30.3 Å². The highest BCUT2D eigenvalue weighted by Crippen LogP contribution is 2.70. The highest BCUT2D eigenvalue weighted by Gasteiger charge is 2.65. The average Bonchev–Trinajstić information content (AvgIpc) is 3.48. The molecule has 4 nitrogen and oxygen atoms in total. The van der Waals surface area contributed by atoms with Crippen molar-refractivity contribution in [2.75, 3.05) is 26.7 Å². The zero-order valence-corrected chi connectivity index (χ0v) is 18.4. The van der Waals surface area contributed by atoms with Gasteiger partial charge in [-0.05, 0) is 60.2 Å². The van der Waals surface area contributed by atoms with Crippen molar-refractivity contribution in [3.63, 3.8) is 0 Å². The van der Waals surface area contributed by atoms with Gasteiger partial charge in [-0.3, -0.25) is 4.79 Å². The number of carbonyl (C=O) groups is 1. The van der Waals surface area contributed by atoms with Crippen molar-refractivity contribution < 1.29 is 9.53 Å². The van der Waals surface area contributed by atoms with E-state index in [1.54, 1.807) is 7.11 Å². The van der Waals surface area contributed by atoms with E-state index in [1.807, 2.05) is 18.2 Å². The van der Waals surface area contributed by atoms with Gasteiger partial charge in [0.2, 0.25) is 0 Å². The van der Waals surface area contributed by atoms with E-state index in [0.29, 0.717) is 5.92 Å². The van der Waals surface area contributed by atoms with Gasteiger partial charge < -0.3 is 14.5 Å². The maximum absolute atomic E-state index is 13.7. The standard InChI is InChI=1S/C27H28N2O2/c1-4-29-24-11-12-28(16-23(24)27-15-18(27)13-19(31-3)14-25(27)29)26(30)22-10-9-17(2)20-7-5-6-8-21(20)22/h5-10,13-14,18H,4,11-12,15-16H2,1-3H3. The second kappa shape index (κ2) is 6.49. The SMILES string of the molecule is CCN1C2=CC(OC)=CC3CC23C2=C1CCN(C(=O)c1ccc(C)c3ccccc13)C2. The van der Waals surface area contributed by atoms with E-state index in [1.165, 1.54) is 27.9 Å². The maximum atomic E-state index is 13.7. The van der Waals surface area contributed by atoms with E-state index in [9.17, 15) is 4.79 Å². The predicted octanol–water partition coefficient (Wildman–Crippen LogP) is 5.02. The van der Waals surface area contributed by atoms with Gasteiger partial charge in [0.15, 0.2) is 0 Å². The Labute approximate surface area is 183 Å². The van der Waals surface area contributed by atoms with Crippen LogP contribution in [0.25, 0.3) is 10.8 Å². The molecule has 0 radical (unpaired) electrons. The zero-order valence-electron chi connectivity index (χ0n) is 18.4. The Balaban J connectivity index is 1.36. The number of carbonyl (C=O) groups excluding carboxylic acids is 1. The number of hydrogen-bond acceptors (Lipinski definition) is 3. The van der Waals surface area contributed by atoms with Crippen molar-refractivity contribution in [3.8, 4) is 0 Å². The number of methoxy groups -OCH3 is 1. The van der Waals surface area contributed by atoms with Gasteiger partial charge in [0.05, 0.1) is 7.11 Å². The summed E-state index contributed by atoms with van der Waals surface area (Å²) in [4.78, 5) is 18.3. The Hall–Kier alpha value is -3.01. The van der Waals surface area contributed by atoms with Crippen molar-refractivity contribution in [1.29, 1.82) is 0 Å². The fraction of sp³-hybridized carbons (Fsp3) is 0.370. The summed E-state index contributed by atoms with van der Waals surface area (Å²) in [6, 6.07) is 12.3. The minimum Gasteiger partial charge on any atom is -0.497 e. The summed E-state index contributed by atoms with van der Waals surface area (Å²) in [5.41, 5.74) is 6.43. The molecule has 2 unspecified atom stereocenters. The number of ether oxygens (including phenoxy) is 1. The van der Waals surface area contributed by atoms with Crippen LogP contribution in [-0.2, 0) is 4.74 Å². The third-order valence-electron chi connectivity index (χ3n) is 7.80. The molecule has 1 fully saturated rings.